The number of carboxylic acid groups (broad SMARTS) is 1. The van der Waals surface area contributed by atoms with E-state index < -0.39 is 5.97 Å². The Bertz CT molecular complexity index is 178. The van der Waals surface area contributed by atoms with E-state index in [0.717, 1.165) is 19.6 Å². The number of nitrogens with zero attached hydrogens (tertiary/aromatic N) is 2. The minimum atomic E-state index is -0.706. The molecule has 1 saturated heterocycles. The summed E-state index contributed by atoms with van der Waals surface area (Å²) in [6.45, 7) is 2.86. The minimum Gasteiger partial charge on any atom is -0.481 e. The van der Waals surface area contributed by atoms with Gasteiger partial charge in [0, 0.05) is 46.1 Å². The Labute approximate surface area is 92.5 Å². The van der Waals surface area contributed by atoms with Crippen molar-refractivity contribution in [3.63, 3.8) is 0 Å². The standard InChI is InChI=1S/C8H16N2O2.Re/c1-9-3-4-10(2)7(6-9)5-8(11)12;/h7H,3-6H2,1-2H3,(H,11,12);/t7-;/m1./s1. The maximum Gasteiger partial charge on any atom is 0.304 e. The van der Waals surface area contributed by atoms with Crippen LogP contribution in [-0.2, 0) is 25.2 Å². The molecule has 1 aliphatic heterocycles. The first-order valence-electron chi connectivity index (χ1n) is 4.20. The van der Waals surface area contributed by atoms with Crippen molar-refractivity contribution in [1.82, 2.24) is 9.80 Å². The van der Waals surface area contributed by atoms with Gasteiger partial charge in [0.25, 0.3) is 0 Å². The van der Waals surface area contributed by atoms with Gasteiger partial charge in [-0.05, 0) is 14.1 Å². The summed E-state index contributed by atoms with van der Waals surface area (Å²) in [4.78, 5) is 14.8. The Morgan fingerprint density at radius 2 is 2.08 bits per heavy atom. The average molecular weight is 358 g/mol. The number of hydrogen-bond acceptors (Lipinski definition) is 3. The predicted molar refractivity (Wildman–Crippen MR) is 46.2 cm³/mol. The molecule has 0 saturated carbocycles. The van der Waals surface area contributed by atoms with Gasteiger partial charge in [-0.25, -0.2) is 0 Å². The summed E-state index contributed by atoms with van der Waals surface area (Å²) < 4.78 is 0. The molecular formula is C8H16N2O2Re. The molecule has 1 heterocycles. The van der Waals surface area contributed by atoms with Gasteiger partial charge in [0.2, 0.25) is 0 Å². The number of carbonyl (C=O) groups is 1. The SMILES string of the molecule is CN1CCN(C)[C@H](CC(=O)O)C1.[Re]. The molecule has 4 nitrogen and oxygen atoms in total. The van der Waals surface area contributed by atoms with Crippen LogP contribution in [0.4, 0.5) is 0 Å². The summed E-state index contributed by atoms with van der Waals surface area (Å²) in [7, 11) is 4.02. The number of piperazine rings is 1. The normalized spacial score (nSPS) is 25.2. The molecule has 77 valence electrons. The second-order valence-electron chi connectivity index (χ2n) is 3.49. The fraction of sp³-hybridized carbons (Fsp3) is 0.875. The Kier molecular flexibility index (Phi) is 5.74. The van der Waals surface area contributed by atoms with Crippen molar-refractivity contribution in [2.24, 2.45) is 0 Å². The Balaban J connectivity index is 0.00000144. The molecule has 5 heteroatoms. The van der Waals surface area contributed by atoms with Crippen LogP contribution in [0.15, 0.2) is 0 Å². The van der Waals surface area contributed by atoms with Crippen LogP contribution in [0.25, 0.3) is 0 Å². The first-order valence-corrected chi connectivity index (χ1v) is 4.20. The van der Waals surface area contributed by atoms with Crippen molar-refractivity contribution in [2.45, 2.75) is 12.5 Å². The van der Waals surface area contributed by atoms with Gasteiger partial charge in [-0.1, -0.05) is 0 Å². The van der Waals surface area contributed by atoms with Gasteiger partial charge in [0.1, 0.15) is 0 Å². The molecule has 1 N–H and O–H groups in total. The van der Waals surface area contributed by atoms with Crippen molar-refractivity contribution in [3.05, 3.63) is 0 Å². The molecule has 0 aromatic heterocycles. The first kappa shape index (κ1) is 13.1. The third kappa shape index (κ3) is 4.19. The van der Waals surface area contributed by atoms with E-state index in [2.05, 4.69) is 9.80 Å². The molecule has 0 bridgehead atoms. The predicted octanol–water partition coefficient (Wildman–Crippen LogP) is -0.296. The quantitative estimate of drug-likeness (QED) is 0.737. The Morgan fingerprint density at radius 3 is 2.62 bits per heavy atom. The summed E-state index contributed by atoms with van der Waals surface area (Å²) in [5.41, 5.74) is 0. The number of aliphatic carboxylic acids is 1. The van der Waals surface area contributed by atoms with E-state index in [1.807, 2.05) is 14.1 Å². The maximum atomic E-state index is 10.5. The Hall–Kier alpha value is 0.0523. The number of hydrogen-bond donors (Lipinski definition) is 1. The molecule has 0 aliphatic carbocycles. The van der Waals surface area contributed by atoms with E-state index >= 15 is 0 Å². The molecule has 1 atom stereocenters. The smallest absolute Gasteiger partial charge is 0.304 e. The summed E-state index contributed by atoms with van der Waals surface area (Å²) in [6.07, 6.45) is 0.251. The third-order valence-electron chi connectivity index (χ3n) is 2.39. The molecule has 0 aromatic rings. The molecule has 0 spiro atoms. The number of likely N-dealkylation sites (N-methyl/N-ethyl adjacent to an activating group) is 2. The molecule has 13 heavy (non-hydrogen) atoms. The van der Waals surface area contributed by atoms with E-state index in [9.17, 15) is 4.79 Å². The summed E-state index contributed by atoms with van der Waals surface area (Å²) in [5.74, 6) is -0.706. The van der Waals surface area contributed by atoms with Crippen LogP contribution in [0.2, 0.25) is 0 Å². The number of rotatable bonds is 2. The van der Waals surface area contributed by atoms with E-state index in [1.165, 1.54) is 0 Å². The zero-order valence-electron chi connectivity index (χ0n) is 8.03. The van der Waals surface area contributed by atoms with Crippen molar-refractivity contribution in [1.29, 1.82) is 0 Å². The van der Waals surface area contributed by atoms with Crippen LogP contribution in [0, 0.1) is 0 Å². The molecule has 1 radical (unpaired) electrons. The molecule has 1 fully saturated rings. The first-order chi connectivity index (χ1) is 5.59. The average Bonchev–Trinajstić information content (AvgIpc) is 1.96. The monoisotopic (exact) mass is 359 g/mol. The van der Waals surface area contributed by atoms with E-state index in [0.29, 0.717) is 0 Å². The summed E-state index contributed by atoms with van der Waals surface area (Å²) in [6, 6.07) is 0.182. The zero-order chi connectivity index (χ0) is 9.14. The van der Waals surface area contributed by atoms with Crippen LogP contribution in [0.1, 0.15) is 6.42 Å². The molecule has 1 rings (SSSR count). The Morgan fingerprint density at radius 1 is 1.46 bits per heavy atom. The van der Waals surface area contributed by atoms with Crippen molar-refractivity contribution in [2.75, 3.05) is 33.7 Å². The van der Waals surface area contributed by atoms with Gasteiger partial charge in [-0.3, -0.25) is 4.79 Å². The molecule has 0 aromatic carbocycles. The minimum absolute atomic E-state index is 0. The second kappa shape index (κ2) is 5.71. The maximum absolute atomic E-state index is 10.5. The zero-order valence-corrected chi connectivity index (χ0v) is 10.7. The van der Waals surface area contributed by atoms with Crippen LogP contribution in [0.3, 0.4) is 0 Å². The van der Waals surface area contributed by atoms with Crippen LogP contribution < -0.4 is 0 Å². The van der Waals surface area contributed by atoms with Gasteiger partial charge in [-0.15, -0.1) is 0 Å². The molecule has 0 unspecified atom stereocenters. The van der Waals surface area contributed by atoms with Crippen molar-refractivity contribution < 1.29 is 30.3 Å². The molecule has 0 amide bonds. The summed E-state index contributed by atoms with van der Waals surface area (Å²) >= 11 is 0. The van der Waals surface area contributed by atoms with Crippen LogP contribution >= 0.6 is 0 Å². The van der Waals surface area contributed by atoms with Crippen LogP contribution in [0.5, 0.6) is 0 Å². The second-order valence-corrected chi connectivity index (χ2v) is 3.49. The van der Waals surface area contributed by atoms with Crippen LogP contribution in [-0.4, -0.2) is 60.6 Å². The fourth-order valence-corrected chi connectivity index (χ4v) is 1.52. The van der Waals surface area contributed by atoms with Gasteiger partial charge < -0.3 is 14.9 Å². The topological polar surface area (TPSA) is 43.8 Å². The fourth-order valence-electron chi connectivity index (χ4n) is 1.52. The van der Waals surface area contributed by atoms with E-state index in [-0.39, 0.29) is 32.9 Å². The molecule has 1 aliphatic rings. The van der Waals surface area contributed by atoms with Crippen molar-refractivity contribution in [3.8, 4) is 0 Å². The van der Waals surface area contributed by atoms with E-state index in [1.54, 1.807) is 0 Å². The van der Waals surface area contributed by atoms with Gasteiger partial charge in [-0.2, -0.15) is 0 Å². The summed E-state index contributed by atoms with van der Waals surface area (Å²) in [5, 5.41) is 8.62. The van der Waals surface area contributed by atoms with Crippen molar-refractivity contribution >= 4 is 5.97 Å². The van der Waals surface area contributed by atoms with Gasteiger partial charge >= 0.3 is 5.97 Å². The molecular weight excluding hydrogens is 342 g/mol. The van der Waals surface area contributed by atoms with E-state index in [4.69, 9.17) is 5.11 Å². The number of carboxylic acids is 1. The van der Waals surface area contributed by atoms with Gasteiger partial charge in [0.05, 0.1) is 6.42 Å². The largest absolute Gasteiger partial charge is 0.481 e. The third-order valence-corrected chi connectivity index (χ3v) is 2.39. The van der Waals surface area contributed by atoms with Gasteiger partial charge in [0.15, 0.2) is 0 Å².